The molecule has 29 heavy (non-hydrogen) atoms. The van der Waals surface area contributed by atoms with Gasteiger partial charge in [0.15, 0.2) is 5.78 Å². The molecule has 1 unspecified atom stereocenters. The average Bonchev–Trinajstić information content (AvgIpc) is 3.26. The Morgan fingerprint density at radius 2 is 1.93 bits per heavy atom. The van der Waals surface area contributed by atoms with E-state index >= 15 is 0 Å². The number of aromatic amines is 1. The molecule has 0 amide bonds. The molecule has 2 heterocycles. The van der Waals surface area contributed by atoms with Gasteiger partial charge < -0.3 is 14.1 Å². The van der Waals surface area contributed by atoms with Crippen molar-refractivity contribution in [3.05, 3.63) is 51.3 Å². The molecule has 0 fully saturated rings. The number of nitrogens with zero attached hydrogens (tertiary/aromatic N) is 2. The highest BCUT2D eigenvalue weighted by molar-refractivity contribution is 9.10. The quantitative estimate of drug-likeness (QED) is 0.290. The molecule has 0 radical (unpaired) electrons. The summed E-state index contributed by atoms with van der Waals surface area (Å²) in [6.45, 7) is 7.26. The first-order valence-corrected chi connectivity index (χ1v) is 10.7. The van der Waals surface area contributed by atoms with E-state index in [1.165, 1.54) is 11.8 Å². The molecule has 0 saturated heterocycles. The van der Waals surface area contributed by atoms with Crippen LogP contribution in [0.2, 0.25) is 0 Å². The second kappa shape index (κ2) is 8.96. The summed E-state index contributed by atoms with van der Waals surface area (Å²) in [5.41, 5.74) is 2.78. The number of aromatic nitrogens is 3. The number of H-pyrrole nitrogens is 1. The van der Waals surface area contributed by atoms with Crippen LogP contribution < -0.4 is 0 Å². The van der Waals surface area contributed by atoms with E-state index in [2.05, 4.69) is 31.1 Å². The van der Waals surface area contributed by atoms with Crippen molar-refractivity contribution in [2.75, 3.05) is 6.61 Å². The number of ether oxygens (including phenoxy) is 1. The third-order valence-electron chi connectivity index (χ3n) is 4.31. The van der Waals surface area contributed by atoms with Gasteiger partial charge in [-0.1, -0.05) is 27.7 Å². The highest BCUT2D eigenvalue weighted by Crippen LogP contribution is 2.29. The minimum absolute atomic E-state index is 0.158. The Balaban J connectivity index is 1.75. The Hall–Kier alpha value is -2.39. The number of carbonyl (C=O) groups excluding carboxylic acids is 2. The zero-order valence-electron chi connectivity index (χ0n) is 16.4. The number of thioether (sulfide) groups is 1. The summed E-state index contributed by atoms with van der Waals surface area (Å²) >= 11 is 4.56. The maximum absolute atomic E-state index is 12.9. The zero-order valence-corrected chi connectivity index (χ0v) is 18.8. The third kappa shape index (κ3) is 4.62. The molecule has 0 aliphatic carbocycles. The molecule has 1 N–H and O–H groups in total. The standard InChI is InChI=1S/C20H20BrN3O4S/c1-5-27-19(26)15-10(2)16(22-11(15)3)17(25)12(4)29-20-24-23-18(28-20)13-6-8-14(21)9-7-13/h6-9,12,22H,5H2,1-4H3. The summed E-state index contributed by atoms with van der Waals surface area (Å²) in [5, 5.41) is 7.89. The molecule has 0 saturated carbocycles. The van der Waals surface area contributed by atoms with E-state index in [0.29, 0.717) is 33.6 Å². The summed E-state index contributed by atoms with van der Waals surface area (Å²) in [5.74, 6) is -0.208. The van der Waals surface area contributed by atoms with Crippen LogP contribution in [0.15, 0.2) is 38.4 Å². The van der Waals surface area contributed by atoms with Crippen molar-refractivity contribution < 1.29 is 18.7 Å². The second-order valence-electron chi connectivity index (χ2n) is 6.35. The number of halogens is 1. The Morgan fingerprint density at radius 3 is 2.59 bits per heavy atom. The number of esters is 1. The van der Waals surface area contributed by atoms with Gasteiger partial charge in [-0.05, 0) is 57.5 Å². The predicted octanol–water partition coefficient (Wildman–Crippen LogP) is 4.98. The largest absolute Gasteiger partial charge is 0.462 e. The lowest BCUT2D eigenvalue weighted by atomic mass is 10.1. The SMILES string of the molecule is CCOC(=O)c1c(C)[nH]c(C(=O)C(C)Sc2nnc(-c3ccc(Br)cc3)o2)c1C. The summed E-state index contributed by atoms with van der Waals surface area (Å²) in [7, 11) is 0. The van der Waals surface area contributed by atoms with Gasteiger partial charge in [0.1, 0.15) is 0 Å². The number of rotatable bonds is 7. The van der Waals surface area contributed by atoms with E-state index < -0.39 is 11.2 Å². The van der Waals surface area contributed by atoms with Crippen LogP contribution in [0.4, 0.5) is 0 Å². The lowest BCUT2D eigenvalue weighted by Crippen LogP contribution is -2.15. The molecular formula is C20H20BrN3O4S. The summed E-state index contributed by atoms with van der Waals surface area (Å²) in [4.78, 5) is 28.1. The minimum Gasteiger partial charge on any atom is -0.462 e. The maximum atomic E-state index is 12.9. The van der Waals surface area contributed by atoms with Crippen molar-refractivity contribution in [1.29, 1.82) is 0 Å². The molecule has 0 spiro atoms. The smallest absolute Gasteiger partial charge is 0.340 e. The predicted molar refractivity (Wildman–Crippen MR) is 113 cm³/mol. The van der Waals surface area contributed by atoms with Gasteiger partial charge >= 0.3 is 5.97 Å². The van der Waals surface area contributed by atoms with Crippen LogP contribution in [-0.2, 0) is 4.74 Å². The number of ketones is 1. The monoisotopic (exact) mass is 477 g/mol. The second-order valence-corrected chi connectivity index (χ2v) is 8.56. The first-order chi connectivity index (χ1) is 13.8. The third-order valence-corrected chi connectivity index (χ3v) is 5.77. The van der Waals surface area contributed by atoms with Gasteiger partial charge in [0.25, 0.3) is 5.22 Å². The van der Waals surface area contributed by atoms with Crippen LogP contribution in [-0.4, -0.2) is 38.8 Å². The van der Waals surface area contributed by atoms with Crippen LogP contribution in [0.3, 0.4) is 0 Å². The van der Waals surface area contributed by atoms with Crippen molar-refractivity contribution in [2.24, 2.45) is 0 Å². The molecule has 1 aromatic carbocycles. The fourth-order valence-corrected chi connectivity index (χ4v) is 3.89. The summed E-state index contributed by atoms with van der Waals surface area (Å²) in [6.07, 6.45) is 0. The van der Waals surface area contributed by atoms with Gasteiger partial charge in [-0.2, -0.15) is 0 Å². The van der Waals surface area contributed by atoms with E-state index in [0.717, 1.165) is 10.0 Å². The number of Topliss-reactive ketones (excluding diaryl/α,β-unsaturated/α-hetero) is 1. The molecule has 152 valence electrons. The number of hydrogen-bond donors (Lipinski definition) is 1. The average molecular weight is 478 g/mol. The van der Waals surface area contributed by atoms with Crippen molar-refractivity contribution >= 4 is 39.4 Å². The minimum atomic E-state index is -0.486. The topological polar surface area (TPSA) is 98.1 Å². The number of carbonyl (C=O) groups is 2. The molecule has 3 aromatic rings. The Bertz CT molecular complexity index is 1040. The Labute approximate surface area is 180 Å². The summed E-state index contributed by atoms with van der Waals surface area (Å²) < 4.78 is 11.7. The highest BCUT2D eigenvalue weighted by atomic mass is 79.9. The fourth-order valence-electron chi connectivity index (χ4n) is 2.88. The normalized spacial score (nSPS) is 12.0. The van der Waals surface area contributed by atoms with Gasteiger partial charge in [0, 0.05) is 15.7 Å². The molecule has 3 rings (SSSR count). The van der Waals surface area contributed by atoms with Crippen LogP contribution in [0.5, 0.6) is 0 Å². The van der Waals surface area contributed by atoms with Crippen LogP contribution in [0.25, 0.3) is 11.5 Å². The van der Waals surface area contributed by atoms with E-state index in [9.17, 15) is 9.59 Å². The molecule has 9 heteroatoms. The molecule has 1 atom stereocenters. The molecule has 2 aromatic heterocycles. The number of aryl methyl sites for hydroxylation is 1. The van der Waals surface area contributed by atoms with Crippen LogP contribution in [0, 0.1) is 13.8 Å². The molecule has 0 bridgehead atoms. The van der Waals surface area contributed by atoms with Gasteiger partial charge in [0.2, 0.25) is 5.89 Å². The lowest BCUT2D eigenvalue weighted by molar-refractivity contribution is 0.0525. The van der Waals surface area contributed by atoms with Gasteiger partial charge in [0.05, 0.1) is 23.1 Å². The van der Waals surface area contributed by atoms with Crippen molar-refractivity contribution in [1.82, 2.24) is 15.2 Å². The first-order valence-electron chi connectivity index (χ1n) is 8.98. The molecule has 0 aliphatic heterocycles. The van der Waals surface area contributed by atoms with E-state index in [1.807, 2.05) is 24.3 Å². The highest BCUT2D eigenvalue weighted by Gasteiger charge is 2.27. The maximum Gasteiger partial charge on any atom is 0.340 e. The Kier molecular flexibility index (Phi) is 6.59. The van der Waals surface area contributed by atoms with E-state index in [4.69, 9.17) is 9.15 Å². The molecule has 7 nitrogen and oxygen atoms in total. The van der Waals surface area contributed by atoms with Crippen molar-refractivity contribution in [3.8, 4) is 11.5 Å². The summed E-state index contributed by atoms with van der Waals surface area (Å²) in [6, 6.07) is 7.50. The fraction of sp³-hybridized carbons (Fsp3) is 0.300. The van der Waals surface area contributed by atoms with Crippen LogP contribution >= 0.6 is 27.7 Å². The first kappa shape index (κ1) is 21.3. The van der Waals surface area contributed by atoms with Crippen molar-refractivity contribution in [3.63, 3.8) is 0 Å². The van der Waals surface area contributed by atoms with Crippen LogP contribution in [0.1, 0.15) is 46.0 Å². The van der Waals surface area contributed by atoms with Gasteiger partial charge in [-0.15, -0.1) is 10.2 Å². The molecular weight excluding hydrogens is 458 g/mol. The lowest BCUT2D eigenvalue weighted by Gasteiger charge is -2.07. The molecule has 0 aliphatic rings. The van der Waals surface area contributed by atoms with Gasteiger partial charge in [-0.3, -0.25) is 4.79 Å². The van der Waals surface area contributed by atoms with Crippen molar-refractivity contribution in [2.45, 2.75) is 38.2 Å². The number of hydrogen-bond acceptors (Lipinski definition) is 7. The number of benzene rings is 1. The van der Waals surface area contributed by atoms with E-state index in [1.54, 1.807) is 27.7 Å². The van der Waals surface area contributed by atoms with E-state index in [-0.39, 0.29) is 12.4 Å². The zero-order chi connectivity index (χ0) is 21.1. The van der Waals surface area contributed by atoms with Gasteiger partial charge in [-0.25, -0.2) is 4.79 Å². The number of nitrogens with one attached hydrogen (secondary N) is 1. The Morgan fingerprint density at radius 1 is 1.24 bits per heavy atom.